The SMILES string of the molecule is Cc1cc(C)c(-c2cc3c4c(c2)N(c2cc(C(C)(C)C)cc(C(C)(C)C)c2)c2cc5cc6ccccc6cc5cc2B4n2c4ccccc4c4cccc-3c42)c(C)c1. The van der Waals surface area contributed by atoms with Crippen LogP contribution in [-0.2, 0) is 10.8 Å². The molecule has 3 heterocycles. The fraction of sp³-hybridized carbons (Fsp3) is 0.200. The van der Waals surface area contributed by atoms with Crippen LogP contribution in [0.2, 0.25) is 0 Å². The highest BCUT2D eigenvalue weighted by atomic mass is 15.2. The van der Waals surface area contributed by atoms with E-state index in [1.165, 1.54) is 121 Å². The lowest BCUT2D eigenvalue weighted by Crippen LogP contribution is -2.56. The summed E-state index contributed by atoms with van der Waals surface area (Å²) >= 11 is 0. The number of benzene rings is 8. The van der Waals surface area contributed by atoms with Gasteiger partial charge in [-0.1, -0.05) is 132 Å². The molecule has 0 saturated heterocycles. The predicted molar refractivity (Wildman–Crippen MR) is 252 cm³/mol. The number of fused-ring (bicyclic) bond motifs is 9. The molecular weight excluding hydrogens is 699 g/mol. The lowest BCUT2D eigenvalue weighted by molar-refractivity contribution is 0.569. The average Bonchev–Trinajstić information content (AvgIpc) is 3.51. The van der Waals surface area contributed by atoms with Gasteiger partial charge >= 0.3 is 6.85 Å². The fourth-order valence-corrected chi connectivity index (χ4v) is 10.5. The summed E-state index contributed by atoms with van der Waals surface area (Å²) in [6.07, 6.45) is 0. The standard InChI is InChI=1S/C55H49BN2/c1-32-21-33(2)51(34(3)22-32)39-25-46-45-19-14-18-44-43-17-12-13-20-48(43)58(53(44)45)56-47-26-37-23-35-15-10-11-16-36(35)24-38(37)27-49(47)57(50(28-39)52(46)56)42-30-40(54(4,5)6)29-41(31-42)55(7,8)9/h10-31H,1-9H3. The van der Waals surface area contributed by atoms with Crippen LogP contribution in [0.4, 0.5) is 17.1 Å². The molecule has 2 aliphatic rings. The lowest BCUT2D eigenvalue weighted by atomic mass is 9.44. The molecule has 0 bridgehead atoms. The molecule has 2 aliphatic heterocycles. The first kappa shape index (κ1) is 35.1. The Bertz CT molecular complexity index is 3180. The smallest absolute Gasteiger partial charge is 0.333 e. The highest BCUT2D eigenvalue weighted by molar-refractivity contribution is 6.90. The molecular formula is C55H49BN2. The van der Waals surface area contributed by atoms with Crippen LogP contribution in [0.15, 0.2) is 133 Å². The van der Waals surface area contributed by atoms with E-state index in [0.29, 0.717) is 0 Å². The monoisotopic (exact) mass is 748 g/mol. The van der Waals surface area contributed by atoms with Gasteiger partial charge in [0.2, 0.25) is 0 Å². The summed E-state index contributed by atoms with van der Waals surface area (Å²) < 4.78 is 2.68. The molecule has 11 rings (SSSR count). The highest BCUT2D eigenvalue weighted by Crippen LogP contribution is 2.49. The number of hydrogen-bond donors (Lipinski definition) is 0. The van der Waals surface area contributed by atoms with Crippen molar-refractivity contribution in [2.24, 2.45) is 0 Å². The van der Waals surface area contributed by atoms with Crippen LogP contribution in [-0.4, -0.2) is 11.3 Å². The third-order valence-electron chi connectivity index (χ3n) is 13.2. The van der Waals surface area contributed by atoms with Gasteiger partial charge in [-0.2, -0.15) is 0 Å². The van der Waals surface area contributed by atoms with Crippen LogP contribution >= 0.6 is 0 Å². The van der Waals surface area contributed by atoms with Crippen LogP contribution in [0.5, 0.6) is 0 Å². The molecule has 0 unspecified atom stereocenters. The number of nitrogens with zero attached hydrogens (tertiary/aromatic N) is 2. The van der Waals surface area contributed by atoms with Crippen LogP contribution in [0, 0.1) is 20.8 Å². The maximum Gasteiger partial charge on any atom is 0.333 e. The van der Waals surface area contributed by atoms with E-state index in [4.69, 9.17) is 0 Å². The Morgan fingerprint density at radius 3 is 1.79 bits per heavy atom. The topological polar surface area (TPSA) is 8.17 Å². The highest BCUT2D eigenvalue weighted by Gasteiger charge is 2.43. The van der Waals surface area contributed by atoms with E-state index in [9.17, 15) is 0 Å². The van der Waals surface area contributed by atoms with Crippen LogP contribution in [0.3, 0.4) is 0 Å². The van der Waals surface area contributed by atoms with E-state index in [1.807, 2.05) is 0 Å². The van der Waals surface area contributed by atoms with E-state index in [1.54, 1.807) is 0 Å². The summed E-state index contributed by atoms with van der Waals surface area (Å²) in [4.78, 5) is 2.64. The zero-order valence-electron chi connectivity index (χ0n) is 35.2. The van der Waals surface area contributed by atoms with Crippen molar-refractivity contribution in [1.82, 2.24) is 4.48 Å². The summed E-state index contributed by atoms with van der Waals surface area (Å²) in [6.45, 7) is 20.9. The van der Waals surface area contributed by atoms with Gasteiger partial charge < -0.3 is 9.38 Å². The van der Waals surface area contributed by atoms with Gasteiger partial charge in [0.1, 0.15) is 0 Å². The fourth-order valence-electron chi connectivity index (χ4n) is 10.5. The first-order chi connectivity index (χ1) is 27.7. The van der Waals surface area contributed by atoms with Crippen LogP contribution < -0.4 is 15.8 Å². The summed E-state index contributed by atoms with van der Waals surface area (Å²) in [5, 5.41) is 7.69. The molecule has 0 atom stereocenters. The van der Waals surface area contributed by atoms with Crippen LogP contribution in [0.25, 0.3) is 65.6 Å². The van der Waals surface area contributed by atoms with Gasteiger partial charge in [-0.15, -0.1) is 0 Å². The van der Waals surface area contributed by atoms with Crippen molar-refractivity contribution in [3.63, 3.8) is 0 Å². The molecule has 2 nitrogen and oxygen atoms in total. The number of aryl methyl sites for hydroxylation is 3. The molecule has 8 aromatic carbocycles. The summed E-state index contributed by atoms with van der Waals surface area (Å²) in [5.74, 6) is 0. The van der Waals surface area contributed by atoms with E-state index in [0.717, 1.165) is 0 Å². The Balaban J connectivity index is 1.34. The number of para-hydroxylation sites is 2. The Kier molecular flexibility index (Phi) is 7.26. The molecule has 58 heavy (non-hydrogen) atoms. The van der Waals surface area contributed by atoms with Crippen molar-refractivity contribution in [2.45, 2.75) is 73.1 Å². The second-order valence-corrected chi connectivity index (χ2v) is 19.3. The Labute approximate surface area is 342 Å². The Morgan fingerprint density at radius 2 is 1.12 bits per heavy atom. The van der Waals surface area contributed by atoms with Gasteiger partial charge in [-0.05, 0) is 152 Å². The van der Waals surface area contributed by atoms with Gasteiger partial charge in [0.05, 0.1) is 0 Å². The minimum Gasteiger partial charge on any atom is -0.375 e. The molecule has 0 fully saturated rings. The molecule has 0 saturated carbocycles. The second-order valence-electron chi connectivity index (χ2n) is 19.3. The van der Waals surface area contributed by atoms with Crippen molar-refractivity contribution >= 4 is 78.2 Å². The molecule has 0 radical (unpaired) electrons. The minimum atomic E-state index is -0.0362. The molecule has 1 aromatic heterocycles. The van der Waals surface area contributed by atoms with E-state index < -0.39 is 0 Å². The Hall–Kier alpha value is -6.06. The van der Waals surface area contributed by atoms with Gasteiger partial charge in [0.25, 0.3) is 0 Å². The van der Waals surface area contributed by atoms with E-state index >= 15 is 0 Å². The zero-order chi connectivity index (χ0) is 40.0. The number of rotatable bonds is 2. The van der Waals surface area contributed by atoms with Gasteiger partial charge in [0.15, 0.2) is 0 Å². The molecule has 3 heteroatoms. The molecule has 0 amide bonds. The summed E-state index contributed by atoms with van der Waals surface area (Å²) in [6, 6.07) is 51.8. The third kappa shape index (κ3) is 5.05. The third-order valence-corrected chi connectivity index (χ3v) is 13.2. The van der Waals surface area contributed by atoms with Gasteiger partial charge in [-0.25, -0.2) is 0 Å². The quantitative estimate of drug-likeness (QED) is 0.126. The first-order valence-electron chi connectivity index (χ1n) is 21.0. The van der Waals surface area contributed by atoms with Gasteiger partial charge in [-0.3, -0.25) is 0 Å². The minimum absolute atomic E-state index is 0.0217. The van der Waals surface area contributed by atoms with Crippen molar-refractivity contribution in [3.05, 3.63) is 161 Å². The number of hydrogen-bond acceptors (Lipinski definition) is 1. The van der Waals surface area contributed by atoms with Crippen molar-refractivity contribution in [1.29, 1.82) is 0 Å². The predicted octanol–water partition coefficient (Wildman–Crippen LogP) is 13.7. The van der Waals surface area contributed by atoms with Gasteiger partial charge in [0, 0.05) is 44.4 Å². The number of aromatic nitrogens is 1. The lowest BCUT2D eigenvalue weighted by Gasteiger charge is -2.42. The average molecular weight is 749 g/mol. The summed E-state index contributed by atoms with van der Waals surface area (Å²) in [5.41, 5.74) is 20.8. The summed E-state index contributed by atoms with van der Waals surface area (Å²) in [7, 11) is 0. The molecule has 0 N–H and O–H groups in total. The Morgan fingerprint density at radius 1 is 0.500 bits per heavy atom. The van der Waals surface area contributed by atoms with Crippen molar-refractivity contribution < 1.29 is 0 Å². The van der Waals surface area contributed by atoms with Crippen LogP contribution in [0.1, 0.15) is 69.4 Å². The second kappa shape index (κ2) is 12.0. The zero-order valence-corrected chi connectivity index (χ0v) is 35.2. The first-order valence-corrected chi connectivity index (χ1v) is 21.0. The maximum absolute atomic E-state index is 2.68. The maximum atomic E-state index is 2.68. The normalized spacial score (nSPS) is 13.5. The van der Waals surface area contributed by atoms with E-state index in [2.05, 4.69) is 205 Å². The largest absolute Gasteiger partial charge is 0.375 e. The molecule has 9 aromatic rings. The molecule has 0 aliphatic carbocycles. The number of anilines is 3. The van der Waals surface area contributed by atoms with Crippen molar-refractivity contribution in [2.75, 3.05) is 4.90 Å². The molecule has 0 spiro atoms. The van der Waals surface area contributed by atoms with Crippen molar-refractivity contribution in [3.8, 4) is 22.3 Å². The van der Waals surface area contributed by atoms with E-state index in [-0.39, 0.29) is 17.7 Å². The molecule has 282 valence electrons.